The number of rotatable bonds is 10. The van der Waals surface area contributed by atoms with Crippen molar-refractivity contribution in [1.29, 1.82) is 0 Å². The zero-order valence-corrected chi connectivity index (χ0v) is 20.5. The zero-order valence-electron chi connectivity index (χ0n) is 20.5. The summed E-state index contributed by atoms with van der Waals surface area (Å²) < 4.78 is 11.8. The Hall–Kier alpha value is -3.17. The van der Waals surface area contributed by atoms with E-state index >= 15 is 0 Å². The van der Waals surface area contributed by atoms with Crippen LogP contribution in [0.15, 0.2) is 18.6 Å². The Kier molecular flexibility index (Phi) is 6.88. The molecule has 1 amide bonds. The molecule has 3 heterocycles. The molecular weight excluding hydrogens is 446 g/mol. The minimum atomic E-state index is -0.163. The van der Waals surface area contributed by atoms with E-state index in [4.69, 9.17) is 15.2 Å². The van der Waals surface area contributed by atoms with Crippen LogP contribution < -0.4 is 25.4 Å². The molecule has 10 heteroatoms. The summed E-state index contributed by atoms with van der Waals surface area (Å²) in [6, 6.07) is 2.23. The summed E-state index contributed by atoms with van der Waals surface area (Å²) in [7, 11) is 0. The number of hydrogen-bond acceptors (Lipinski definition) is 9. The molecule has 3 N–H and O–H groups in total. The van der Waals surface area contributed by atoms with E-state index in [0.717, 1.165) is 31.7 Å². The van der Waals surface area contributed by atoms with Gasteiger partial charge in [0.2, 0.25) is 0 Å². The Morgan fingerprint density at radius 1 is 1.20 bits per heavy atom. The van der Waals surface area contributed by atoms with Gasteiger partial charge in [-0.1, -0.05) is 6.92 Å². The fraction of sp³-hybridized carbons (Fsp3) is 0.640. The van der Waals surface area contributed by atoms with Crippen molar-refractivity contribution in [2.75, 3.05) is 36.9 Å². The SMILES string of the molecule is CC(NC(=O)c1cc(N2CCC(COc3cncnc3N)CC2)nc(OC[C@H]2C[C@H]2C)n1)C1CC1. The highest BCUT2D eigenvalue weighted by Gasteiger charge is 2.34. The Morgan fingerprint density at radius 3 is 2.66 bits per heavy atom. The van der Waals surface area contributed by atoms with Crippen molar-refractivity contribution in [3.63, 3.8) is 0 Å². The first kappa shape index (κ1) is 23.6. The number of nitrogens with zero attached hydrogens (tertiary/aromatic N) is 5. The summed E-state index contributed by atoms with van der Waals surface area (Å²) in [5.41, 5.74) is 6.22. The van der Waals surface area contributed by atoms with Crippen LogP contribution in [0.25, 0.3) is 0 Å². The van der Waals surface area contributed by atoms with Crippen LogP contribution in [0, 0.1) is 23.7 Å². The average molecular weight is 482 g/mol. The molecule has 10 nitrogen and oxygen atoms in total. The summed E-state index contributed by atoms with van der Waals surface area (Å²) in [6.07, 6.45) is 8.40. The van der Waals surface area contributed by atoms with E-state index < -0.39 is 0 Å². The van der Waals surface area contributed by atoms with Gasteiger partial charge in [-0.05, 0) is 62.7 Å². The van der Waals surface area contributed by atoms with Crippen molar-refractivity contribution < 1.29 is 14.3 Å². The molecule has 0 spiro atoms. The summed E-state index contributed by atoms with van der Waals surface area (Å²) in [5, 5.41) is 3.10. The lowest BCUT2D eigenvalue weighted by Crippen LogP contribution is -2.37. The molecule has 5 rings (SSSR count). The van der Waals surface area contributed by atoms with E-state index in [-0.39, 0.29) is 18.0 Å². The molecule has 188 valence electrons. The van der Waals surface area contributed by atoms with Crippen molar-refractivity contribution in [2.45, 2.75) is 52.0 Å². The van der Waals surface area contributed by atoms with Crippen molar-refractivity contribution in [3.05, 3.63) is 24.3 Å². The Bertz CT molecular complexity index is 1040. The second kappa shape index (κ2) is 10.2. The van der Waals surface area contributed by atoms with E-state index in [1.54, 1.807) is 12.3 Å². The number of aromatic nitrogens is 4. The quantitative estimate of drug-likeness (QED) is 0.526. The maximum atomic E-state index is 13.0. The molecule has 3 fully saturated rings. The number of nitrogens with one attached hydrogen (secondary N) is 1. The van der Waals surface area contributed by atoms with Gasteiger partial charge in [0.1, 0.15) is 17.8 Å². The van der Waals surface area contributed by atoms with Crippen molar-refractivity contribution >= 4 is 17.5 Å². The first-order chi connectivity index (χ1) is 17.0. The van der Waals surface area contributed by atoms with Crippen molar-refractivity contribution in [1.82, 2.24) is 25.3 Å². The van der Waals surface area contributed by atoms with Crippen LogP contribution in [0.3, 0.4) is 0 Å². The molecule has 1 unspecified atom stereocenters. The summed E-state index contributed by atoms with van der Waals surface area (Å²) in [6.45, 7) is 7.06. The number of nitrogens with two attached hydrogens (primary N) is 1. The summed E-state index contributed by atoms with van der Waals surface area (Å²) >= 11 is 0. The van der Waals surface area contributed by atoms with Crippen LogP contribution in [0.5, 0.6) is 11.8 Å². The number of carbonyl (C=O) groups is 1. The molecule has 1 saturated heterocycles. The molecule has 3 atom stereocenters. The number of amides is 1. The lowest BCUT2D eigenvalue weighted by Gasteiger charge is -2.32. The maximum absolute atomic E-state index is 13.0. The molecule has 2 aliphatic carbocycles. The zero-order chi connectivity index (χ0) is 24.4. The first-order valence-corrected chi connectivity index (χ1v) is 12.7. The lowest BCUT2D eigenvalue weighted by molar-refractivity contribution is 0.0929. The molecule has 0 aromatic carbocycles. The average Bonchev–Trinajstić information content (AvgIpc) is 3.79. The standard InChI is InChI=1S/C25H35N7O3/c1-15-9-19(15)13-35-25-30-20(24(33)29-16(2)18-3-4-18)10-22(31-25)32-7-5-17(6-8-32)12-34-21-11-27-14-28-23(21)26/h10-11,14-19H,3-9,12-13H2,1-2H3,(H,29,33)(H2,26,27,28)/t15-,16?,19-/m1/s1. The Morgan fingerprint density at radius 2 is 1.97 bits per heavy atom. The summed E-state index contributed by atoms with van der Waals surface area (Å²) in [4.78, 5) is 32.2. The smallest absolute Gasteiger partial charge is 0.319 e. The number of ether oxygens (including phenoxy) is 2. The summed E-state index contributed by atoms with van der Waals surface area (Å²) in [5.74, 6) is 3.65. The molecule has 2 aromatic rings. The third-order valence-corrected chi connectivity index (χ3v) is 7.44. The van der Waals surface area contributed by atoms with E-state index in [1.165, 1.54) is 25.6 Å². The molecule has 0 radical (unpaired) electrons. The molecule has 2 saturated carbocycles. The van der Waals surface area contributed by atoms with Crippen LogP contribution in [0.1, 0.15) is 56.4 Å². The predicted molar refractivity (Wildman–Crippen MR) is 131 cm³/mol. The second-order valence-corrected chi connectivity index (χ2v) is 10.3. The number of carbonyl (C=O) groups excluding carboxylic acids is 1. The van der Waals surface area contributed by atoms with Gasteiger partial charge < -0.3 is 25.4 Å². The molecule has 0 bridgehead atoms. The van der Waals surface area contributed by atoms with E-state index in [1.807, 2.05) is 0 Å². The highest BCUT2D eigenvalue weighted by molar-refractivity contribution is 5.93. The van der Waals surface area contributed by atoms with Gasteiger partial charge in [0, 0.05) is 25.2 Å². The Labute approximate surface area is 206 Å². The largest absolute Gasteiger partial charge is 0.488 e. The fourth-order valence-electron chi connectivity index (χ4n) is 4.54. The molecule has 3 aliphatic rings. The van der Waals surface area contributed by atoms with Gasteiger partial charge >= 0.3 is 6.01 Å². The highest BCUT2D eigenvalue weighted by atomic mass is 16.5. The van der Waals surface area contributed by atoms with Gasteiger partial charge in [-0.2, -0.15) is 9.97 Å². The van der Waals surface area contributed by atoms with Crippen LogP contribution >= 0.6 is 0 Å². The minimum Gasteiger partial charge on any atom is -0.488 e. The van der Waals surface area contributed by atoms with Crippen LogP contribution in [-0.2, 0) is 0 Å². The number of hydrogen-bond donors (Lipinski definition) is 2. The highest BCUT2D eigenvalue weighted by Crippen LogP contribution is 2.38. The third-order valence-electron chi connectivity index (χ3n) is 7.44. The van der Waals surface area contributed by atoms with Gasteiger partial charge in [0.15, 0.2) is 11.6 Å². The van der Waals surface area contributed by atoms with Gasteiger partial charge in [0.25, 0.3) is 5.91 Å². The predicted octanol–water partition coefficient (Wildman–Crippen LogP) is 2.71. The minimum absolute atomic E-state index is 0.150. The molecule has 1 aliphatic heterocycles. The van der Waals surface area contributed by atoms with Gasteiger partial charge in [-0.25, -0.2) is 9.97 Å². The first-order valence-electron chi connectivity index (χ1n) is 12.7. The van der Waals surface area contributed by atoms with Crippen molar-refractivity contribution in [2.24, 2.45) is 23.7 Å². The monoisotopic (exact) mass is 481 g/mol. The van der Waals surface area contributed by atoms with Crippen molar-refractivity contribution in [3.8, 4) is 11.8 Å². The maximum Gasteiger partial charge on any atom is 0.319 e. The molecule has 35 heavy (non-hydrogen) atoms. The van der Waals surface area contributed by atoms with Gasteiger partial charge in [-0.3, -0.25) is 4.79 Å². The van der Waals surface area contributed by atoms with E-state index in [0.29, 0.717) is 54.1 Å². The van der Waals surface area contributed by atoms with Gasteiger partial charge in [0.05, 0.1) is 19.4 Å². The fourth-order valence-corrected chi connectivity index (χ4v) is 4.54. The number of piperidine rings is 1. The number of anilines is 2. The van der Waals surface area contributed by atoms with E-state index in [2.05, 4.69) is 44.0 Å². The van der Waals surface area contributed by atoms with Crippen LogP contribution in [0.4, 0.5) is 11.6 Å². The molecule has 2 aromatic heterocycles. The molecular formula is C25H35N7O3. The topological polar surface area (TPSA) is 128 Å². The van der Waals surface area contributed by atoms with Gasteiger partial charge in [-0.15, -0.1) is 0 Å². The Balaban J connectivity index is 1.22. The van der Waals surface area contributed by atoms with Crippen LogP contribution in [0.2, 0.25) is 0 Å². The normalized spacial score (nSPS) is 23.0. The van der Waals surface area contributed by atoms with Crippen LogP contribution in [-0.4, -0.2) is 58.2 Å². The third kappa shape index (κ3) is 6.10. The van der Waals surface area contributed by atoms with E-state index in [9.17, 15) is 4.79 Å². The number of nitrogen functional groups attached to an aromatic ring is 1. The second-order valence-electron chi connectivity index (χ2n) is 10.3. The lowest BCUT2D eigenvalue weighted by atomic mass is 9.98.